The summed E-state index contributed by atoms with van der Waals surface area (Å²) >= 11 is 0. The lowest BCUT2D eigenvalue weighted by Gasteiger charge is -2.34. The van der Waals surface area contributed by atoms with E-state index in [1.54, 1.807) is 33.9 Å². The fourth-order valence-corrected chi connectivity index (χ4v) is 4.73. The van der Waals surface area contributed by atoms with Gasteiger partial charge in [-0.1, -0.05) is 6.07 Å². The highest BCUT2D eigenvalue weighted by molar-refractivity contribution is 5.77. The van der Waals surface area contributed by atoms with Gasteiger partial charge in [-0.2, -0.15) is 4.98 Å². The Kier molecular flexibility index (Phi) is 5.47. The number of hydrogen-bond acceptors (Lipinski definition) is 6. The first kappa shape index (κ1) is 23.2. The Morgan fingerprint density at radius 2 is 2.00 bits per heavy atom. The summed E-state index contributed by atoms with van der Waals surface area (Å²) in [4.78, 5) is 26.4. The average Bonchev–Trinajstić information content (AvgIpc) is 3.09. The zero-order chi connectivity index (χ0) is 25.0. The summed E-state index contributed by atoms with van der Waals surface area (Å²) in [6.45, 7) is 10.5. The van der Waals surface area contributed by atoms with Crippen LogP contribution >= 0.6 is 0 Å². The molecule has 0 aliphatic carbocycles. The van der Waals surface area contributed by atoms with Crippen molar-refractivity contribution in [2.75, 3.05) is 11.9 Å². The number of hydrogen-bond donors (Lipinski definition) is 2. The maximum absolute atomic E-state index is 14.6. The maximum Gasteiger partial charge on any atom is 0.278 e. The van der Waals surface area contributed by atoms with Gasteiger partial charge in [-0.3, -0.25) is 9.78 Å². The number of anilines is 2. The van der Waals surface area contributed by atoms with E-state index in [0.29, 0.717) is 29.2 Å². The fourth-order valence-electron chi connectivity index (χ4n) is 4.73. The molecule has 1 aromatic carbocycles. The van der Waals surface area contributed by atoms with Gasteiger partial charge in [0.25, 0.3) is 5.56 Å². The van der Waals surface area contributed by atoms with Crippen molar-refractivity contribution in [1.82, 2.24) is 29.6 Å². The molecule has 182 valence electrons. The Morgan fingerprint density at radius 1 is 1.20 bits per heavy atom. The molecular weight excluding hydrogens is 445 g/mol. The summed E-state index contributed by atoms with van der Waals surface area (Å²) in [7, 11) is 0. The molecular formula is C26H30FN7O. The first-order valence-corrected chi connectivity index (χ1v) is 11.9. The number of nitrogens with zero attached hydrogens (tertiary/aromatic N) is 5. The first-order chi connectivity index (χ1) is 16.6. The van der Waals surface area contributed by atoms with Crippen molar-refractivity contribution in [2.45, 2.75) is 58.8 Å². The minimum Gasteiger partial charge on any atom is -0.324 e. The highest BCUT2D eigenvalue weighted by Gasteiger charge is 2.27. The van der Waals surface area contributed by atoms with Crippen molar-refractivity contribution >= 4 is 22.7 Å². The number of pyridine rings is 1. The molecule has 2 N–H and O–H groups in total. The summed E-state index contributed by atoms with van der Waals surface area (Å²) < 4.78 is 17.9. The second kappa shape index (κ2) is 8.27. The van der Waals surface area contributed by atoms with Gasteiger partial charge in [-0.05, 0) is 83.0 Å². The standard InChI is InChI=1S/C26H30FN7O/c1-6-33-23(35)19-15-29-24(31-17-7-8-20-16(13-17)9-12-30-26(20,4)5)32-22(19)34(33)18-10-11-28-21(14-18)25(2,3)27/h7-8,10-11,13-15,30H,6,9,12H2,1-5H3,(H,29,31,32). The lowest BCUT2D eigenvalue weighted by molar-refractivity contribution is 0.214. The molecule has 0 bridgehead atoms. The van der Waals surface area contributed by atoms with Crippen LogP contribution < -0.4 is 16.2 Å². The topological polar surface area (TPSA) is 89.7 Å². The van der Waals surface area contributed by atoms with E-state index in [4.69, 9.17) is 4.98 Å². The smallest absolute Gasteiger partial charge is 0.278 e. The number of fused-ring (bicyclic) bond motifs is 2. The Labute approximate surface area is 203 Å². The monoisotopic (exact) mass is 475 g/mol. The minimum atomic E-state index is -1.62. The highest BCUT2D eigenvalue weighted by atomic mass is 19.1. The lowest BCUT2D eigenvalue weighted by Crippen LogP contribution is -2.42. The van der Waals surface area contributed by atoms with Crippen LogP contribution in [0.5, 0.6) is 0 Å². The molecule has 9 heteroatoms. The SMILES string of the molecule is CCn1c(=O)c2cnc(Nc3ccc4c(c3)CCNC4(C)C)nc2n1-c1ccnc(C(C)(C)F)c1. The van der Waals surface area contributed by atoms with Crippen LogP contribution in [0.15, 0.2) is 47.5 Å². The summed E-state index contributed by atoms with van der Waals surface area (Å²) in [5.41, 5.74) is 2.91. The van der Waals surface area contributed by atoms with E-state index < -0.39 is 5.67 Å². The molecule has 0 saturated heterocycles. The largest absolute Gasteiger partial charge is 0.324 e. The van der Waals surface area contributed by atoms with Crippen molar-refractivity contribution in [3.8, 4) is 5.69 Å². The molecule has 0 unspecified atom stereocenters. The Morgan fingerprint density at radius 3 is 2.74 bits per heavy atom. The van der Waals surface area contributed by atoms with Crippen molar-refractivity contribution in [3.05, 3.63) is 69.9 Å². The van der Waals surface area contributed by atoms with Gasteiger partial charge in [-0.15, -0.1) is 0 Å². The molecule has 0 atom stereocenters. The van der Waals surface area contributed by atoms with Crippen molar-refractivity contribution < 1.29 is 4.39 Å². The third-order valence-corrected chi connectivity index (χ3v) is 6.57. The normalized spacial score (nSPS) is 15.3. The van der Waals surface area contributed by atoms with Gasteiger partial charge in [0, 0.05) is 30.2 Å². The summed E-state index contributed by atoms with van der Waals surface area (Å²) in [6, 6.07) is 9.68. The van der Waals surface area contributed by atoms with Crippen LogP contribution in [0, 0.1) is 0 Å². The molecule has 0 fully saturated rings. The highest BCUT2D eigenvalue weighted by Crippen LogP contribution is 2.31. The quantitative estimate of drug-likeness (QED) is 0.447. The molecule has 0 spiro atoms. The predicted molar refractivity (Wildman–Crippen MR) is 135 cm³/mol. The van der Waals surface area contributed by atoms with Crippen LogP contribution in [0.1, 0.15) is 51.4 Å². The van der Waals surface area contributed by atoms with E-state index in [0.717, 1.165) is 18.7 Å². The fraction of sp³-hybridized carbons (Fsp3) is 0.385. The molecule has 35 heavy (non-hydrogen) atoms. The third-order valence-electron chi connectivity index (χ3n) is 6.57. The molecule has 0 radical (unpaired) electrons. The molecule has 1 aliphatic rings. The van der Waals surface area contributed by atoms with Crippen molar-refractivity contribution in [3.63, 3.8) is 0 Å². The summed E-state index contributed by atoms with van der Waals surface area (Å²) in [6.07, 6.45) is 4.04. The minimum absolute atomic E-state index is 0.0712. The summed E-state index contributed by atoms with van der Waals surface area (Å²) in [5, 5.41) is 7.24. The van der Waals surface area contributed by atoms with Crippen LogP contribution in [0.25, 0.3) is 16.7 Å². The molecule has 1 aliphatic heterocycles. The van der Waals surface area contributed by atoms with Gasteiger partial charge < -0.3 is 10.6 Å². The van der Waals surface area contributed by atoms with E-state index in [9.17, 15) is 9.18 Å². The van der Waals surface area contributed by atoms with Crippen molar-refractivity contribution in [1.29, 1.82) is 0 Å². The van der Waals surface area contributed by atoms with Crippen LogP contribution in [0.2, 0.25) is 0 Å². The summed E-state index contributed by atoms with van der Waals surface area (Å²) in [5.74, 6) is 0.382. The van der Waals surface area contributed by atoms with Gasteiger partial charge >= 0.3 is 0 Å². The number of rotatable bonds is 5. The molecule has 5 rings (SSSR count). The van der Waals surface area contributed by atoms with Crippen LogP contribution in [0.3, 0.4) is 0 Å². The number of benzene rings is 1. The first-order valence-electron chi connectivity index (χ1n) is 11.9. The molecule has 4 heterocycles. The van der Waals surface area contributed by atoms with E-state index >= 15 is 0 Å². The Hall–Kier alpha value is -3.59. The zero-order valence-electron chi connectivity index (χ0n) is 20.7. The van der Waals surface area contributed by atoms with Gasteiger partial charge in [0.05, 0.1) is 11.4 Å². The zero-order valence-corrected chi connectivity index (χ0v) is 20.7. The predicted octanol–water partition coefficient (Wildman–Crippen LogP) is 4.33. The van der Waals surface area contributed by atoms with Gasteiger partial charge in [0.2, 0.25) is 5.95 Å². The van der Waals surface area contributed by atoms with E-state index in [1.807, 2.05) is 13.0 Å². The number of alkyl halides is 1. The van der Waals surface area contributed by atoms with Gasteiger partial charge in [0.15, 0.2) is 5.65 Å². The lowest BCUT2D eigenvalue weighted by atomic mass is 9.85. The Bertz CT molecular complexity index is 1480. The molecule has 4 aromatic rings. The maximum atomic E-state index is 14.6. The van der Waals surface area contributed by atoms with Gasteiger partial charge in [0.1, 0.15) is 11.1 Å². The number of aromatic nitrogens is 5. The van der Waals surface area contributed by atoms with E-state index in [2.05, 4.69) is 46.6 Å². The molecule has 8 nitrogen and oxygen atoms in total. The van der Waals surface area contributed by atoms with E-state index in [-0.39, 0.29) is 16.8 Å². The van der Waals surface area contributed by atoms with Crippen LogP contribution in [0.4, 0.5) is 16.0 Å². The van der Waals surface area contributed by atoms with Crippen LogP contribution in [-0.4, -0.2) is 30.9 Å². The third kappa shape index (κ3) is 4.10. The van der Waals surface area contributed by atoms with Crippen LogP contribution in [-0.2, 0) is 24.2 Å². The van der Waals surface area contributed by atoms with Crippen molar-refractivity contribution in [2.24, 2.45) is 0 Å². The van der Waals surface area contributed by atoms with E-state index in [1.165, 1.54) is 25.0 Å². The Balaban J connectivity index is 1.59. The number of halogens is 1. The molecule has 0 amide bonds. The molecule has 0 saturated carbocycles. The number of nitrogens with one attached hydrogen (secondary N) is 2. The second-order valence-electron chi connectivity index (χ2n) is 9.93. The molecule has 3 aromatic heterocycles. The average molecular weight is 476 g/mol. The van der Waals surface area contributed by atoms with Gasteiger partial charge in [-0.25, -0.2) is 18.7 Å². The second-order valence-corrected chi connectivity index (χ2v) is 9.93.